The topological polar surface area (TPSA) is 38.0 Å². The van der Waals surface area contributed by atoms with Crippen molar-refractivity contribution in [2.24, 2.45) is 0 Å². The van der Waals surface area contributed by atoms with E-state index in [-0.39, 0.29) is 5.82 Å². The van der Waals surface area contributed by atoms with E-state index in [9.17, 15) is 4.39 Å². The molecule has 0 atom stereocenters. The molecule has 0 saturated heterocycles. The second-order valence-corrected chi connectivity index (χ2v) is 4.05. The summed E-state index contributed by atoms with van der Waals surface area (Å²) in [6, 6.07) is 12.4. The Labute approximate surface area is 100 Å². The van der Waals surface area contributed by atoms with E-state index in [4.69, 9.17) is 5.73 Å². The molecule has 3 N–H and O–H groups in total. The lowest BCUT2D eigenvalue weighted by Gasteiger charge is -2.08. The van der Waals surface area contributed by atoms with Crippen LogP contribution in [0.2, 0.25) is 0 Å². The van der Waals surface area contributed by atoms with Crippen LogP contribution in [0.15, 0.2) is 42.5 Å². The van der Waals surface area contributed by atoms with Gasteiger partial charge in [0.05, 0.1) is 0 Å². The molecule has 0 bridgehead atoms. The van der Waals surface area contributed by atoms with Gasteiger partial charge in [0, 0.05) is 17.9 Å². The van der Waals surface area contributed by atoms with Crippen molar-refractivity contribution in [3.8, 4) is 0 Å². The van der Waals surface area contributed by atoms with E-state index < -0.39 is 0 Å². The fraction of sp³-hybridized carbons (Fsp3) is 0.143. The number of hydrogen-bond acceptors (Lipinski definition) is 2. The quantitative estimate of drug-likeness (QED) is 0.794. The molecule has 0 spiro atoms. The van der Waals surface area contributed by atoms with Gasteiger partial charge < -0.3 is 11.1 Å². The van der Waals surface area contributed by atoms with Crippen molar-refractivity contribution in [2.45, 2.75) is 13.5 Å². The van der Waals surface area contributed by atoms with Crippen molar-refractivity contribution in [1.82, 2.24) is 0 Å². The maximum atomic E-state index is 13.0. The van der Waals surface area contributed by atoms with Crippen LogP contribution in [0.1, 0.15) is 11.1 Å². The Balaban J connectivity index is 2.05. The molecule has 3 heteroatoms. The third-order valence-electron chi connectivity index (χ3n) is 2.66. The van der Waals surface area contributed by atoms with Crippen LogP contribution in [0.5, 0.6) is 0 Å². The molecule has 2 aromatic rings. The Morgan fingerprint density at radius 1 is 1.18 bits per heavy atom. The highest BCUT2D eigenvalue weighted by molar-refractivity contribution is 5.58. The first-order valence-electron chi connectivity index (χ1n) is 5.49. The molecular formula is C14H15FN2. The Hall–Kier alpha value is -2.03. The summed E-state index contributed by atoms with van der Waals surface area (Å²) in [5, 5.41) is 3.21. The Kier molecular flexibility index (Phi) is 3.28. The van der Waals surface area contributed by atoms with Gasteiger partial charge in [0.25, 0.3) is 0 Å². The van der Waals surface area contributed by atoms with Crippen molar-refractivity contribution in [3.63, 3.8) is 0 Å². The van der Waals surface area contributed by atoms with Gasteiger partial charge in [-0.1, -0.05) is 18.2 Å². The Morgan fingerprint density at radius 2 is 2.00 bits per heavy atom. The smallest absolute Gasteiger partial charge is 0.123 e. The highest BCUT2D eigenvalue weighted by Crippen LogP contribution is 2.17. The van der Waals surface area contributed by atoms with Crippen LogP contribution < -0.4 is 11.1 Å². The summed E-state index contributed by atoms with van der Waals surface area (Å²) in [5.41, 5.74) is 9.48. The van der Waals surface area contributed by atoms with Crippen LogP contribution in [-0.4, -0.2) is 0 Å². The standard InChI is InChI=1S/C14H15FN2/c1-10-5-6-13(8-14(10)16)17-9-11-3-2-4-12(15)7-11/h2-8,17H,9,16H2,1H3. The Bertz CT molecular complexity index is 523. The number of nitrogens with one attached hydrogen (secondary N) is 1. The number of anilines is 2. The third-order valence-corrected chi connectivity index (χ3v) is 2.66. The zero-order valence-electron chi connectivity index (χ0n) is 9.70. The minimum Gasteiger partial charge on any atom is -0.398 e. The molecule has 2 nitrogen and oxygen atoms in total. The first-order chi connectivity index (χ1) is 8.15. The maximum absolute atomic E-state index is 13.0. The van der Waals surface area contributed by atoms with Gasteiger partial charge in [-0.15, -0.1) is 0 Å². The maximum Gasteiger partial charge on any atom is 0.123 e. The molecule has 0 amide bonds. The molecule has 0 fully saturated rings. The zero-order chi connectivity index (χ0) is 12.3. The number of halogens is 1. The minimum atomic E-state index is -0.215. The number of nitrogens with two attached hydrogens (primary N) is 1. The summed E-state index contributed by atoms with van der Waals surface area (Å²) in [4.78, 5) is 0. The summed E-state index contributed by atoms with van der Waals surface area (Å²) < 4.78 is 13.0. The van der Waals surface area contributed by atoms with Crippen LogP contribution in [0.4, 0.5) is 15.8 Å². The number of aryl methyl sites for hydroxylation is 1. The second kappa shape index (κ2) is 4.87. The number of nitrogen functional groups attached to an aromatic ring is 1. The van der Waals surface area contributed by atoms with Crippen LogP contribution in [0.3, 0.4) is 0 Å². The lowest BCUT2D eigenvalue weighted by molar-refractivity contribution is 0.626. The molecule has 88 valence electrons. The lowest BCUT2D eigenvalue weighted by Crippen LogP contribution is -2.00. The molecule has 0 radical (unpaired) electrons. The first-order valence-corrected chi connectivity index (χ1v) is 5.49. The van der Waals surface area contributed by atoms with Crippen molar-refractivity contribution in [1.29, 1.82) is 0 Å². The van der Waals surface area contributed by atoms with Gasteiger partial charge in [-0.25, -0.2) is 4.39 Å². The lowest BCUT2D eigenvalue weighted by atomic mass is 10.1. The Morgan fingerprint density at radius 3 is 2.71 bits per heavy atom. The van der Waals surface area contributed by atoms with Crippen LogP contribution in [0.25, 0.3) is 0 Å². The second-order valence-electron chi connectivity index (χ2n) is 4.05. The number of rotatable bonds is 3. The number of hydrogen-bond donors (Lipinski definition) is 2. The molecule has 2 rings (SSSR count). The molecular weight excluding hydrogens is 215 g/mol. The first kappa shape index (κ1) is 11.5. The normalized spacial score (nSPS) is 10.2. The molecule has 17 heavy (non-hydrogen) atoms. The molecule has 0 saturated carbocycles. The van der Waals surface area contributed by atoms with Crippen molar-refractivity contribution < 1.29 is 4.39 Å². The van der Waals surface area contributed by atoms with E-state index in [0.29, 0.717) is 6.54 Å². The van der Waals surface area contributed by atoms with Crippen LogP contribution >= 0.6 is 0 Å². The van der Waals surface area contributed by atoms with Crippen LogP contribution in [-0.2, 0) is 6.54 Å². The molecule has 0 heterocycles. The van der Waals surface area contributed by atoms with Gasteiger partial charge >= 0.3 is 0 Å². The van der Waals surface area contributed by atoms with E-state index in [0.717, 1.165) is 22.5 Å². The van der Waals surface area contributed by atoms with E-state index in [1.54, 1.807) is 6.07 Å². The summed E-state index contributed by atoms with van der Waals surface area (Å²) in [5.74, 6) is -0.215. The average molecular weight is 230 g/mol. The van der Waals surface area contributed by atoms with Gasteiger partial charge in [0.15, 0.2) is 0 Å². The highest BCUT2D eigenvalue weighted by Gasteiger charge is 1.98. The van der Waals surface area contributed by atoms with Gasteiger partial charge in [-0.05, 0) is 42.3 Å². The largest absolute Gasteiger partial charge is 0.398 e. The monoisotopic (exact) mass is 230 g/mol. The summed E-state index contributed by atoms with van der Waals surface area (Å²) in [7, 11) is 0. The molecule has 0 aliphatic carbocycles. The van der Waals surface area contributed by atoms with Crippen molar-refractivity contribution in [2.75, 3.05) is 11.1 Å². The van der Waals surface area contributed by atoms with E-state index in [1.807, 2.05) is 31.2 Å². The predicted octanol–water partition coefficient (Wildman–Crippen LogP) is 3.33. The molecule has 0 unspecified atom stereocenters. The van der Waals surface area contributed by atoms with Gasteiger partial charge in [0.1, 0.15) is 5.82 Å². The minimum absolute atomic E-state index is 0.215. The molecule has 0 aliphatic rings. The molecule has 2 aromatic carbocycles. The predicted molar refractivity (Wildman–Crippen MR) is 69.3 cm³/mol. The number of benzene rings is 2. The fourth-order valence-corrected chi connectivity index (χ4v) is 1.60. The van der Waals surface area contributed by atoms with Gasteiger partial charge in [-0.2, -0.15) is 0 Å². The van der Waals surface area contributed by atoms with Gasteiger partial charge in [-0.3, -0.25) is 0 Å². The average Bonchev–Trinajstić information content (AvgIpc) is 2.31. The van der Waals surface area contributed by atoms with E-state index in [1.165, 1.54) is 12.1 Å². The fourth-order valence-electron chi connectivity index (χ4n) is 1.60. The third kappa shape index (κ3) is 2.97. The van der Waals surface area contributed by atoms with E-state index in [2.05, 4.69) is 5.32 Å². The van der Waals surface area contributed by atoms with Gasteiger partial charge in [0.2, 0.25) is 0 Å². The molecule has 0 aromatic heterocycles. The van der Waals surface area contributed by atoms with E-state index >= 15 is 0 Å². The zero-order valence-corrected chi connectivity index (χ0v) is 9.70. The summed E-state index contributed by atoms with van der Waals surface area (Å²) in [6.07, 6.45) is 0. The van der Waals surface area contributed by atoms with Crippen molar-refractivity contribution >= 4 is 11.4 Å². The highest BCUT2D eigenvalue weighted by atomic mass is 19.1. The summed E-state index contributed by atoms with van der Waals surface area (Å²) >= 11 is 0. The van der Waals surface area contributed by atoms with Crippen molar-refractivity contribution in [3.05, 3.63) is 59.4 Å². The molecule has 0 aliphatic heterocycles. The summed E-state index contributed by atoms with van der Waals surface area (Å²) in [6.45, 7) is 2.55. The SMILES string of the molecule is Cc1ccc(NCc2cccc(F)c2)cc1N. The van der Waals surface area contributed by atoms with Crippen LogP contribution in [0, 0.1) is 12.7 Å².